The third-order valence-corrected chi connectivity index (χ3v) is 6.68. The van der Waals surface area contributed by atoms with E-state index < -0.39 is 10.0 Å². The zero-order chi connectivity index (χ0) is 21.7. The Bertz CT molecular complexity index is 1110. The van der Waals surface area contributed by atoms with Gasteiger partial charge in [0.05, 0.1) is 23.7 Å². The van der Waals surface area contributed by atoms with Crippen LogP contribution in [0.15, 0.2) is 48.7 Å². The molecule has 164 valence electrons. The van der Waals surface area contributed by atoms with Crippen molar-refractivity contribution < 1.29 is 13.2 Å². The van der Waals surface area contributed by atoms with E-state index in [2.05, 4.69) is 25.2 Å². The van der Waals surface area contributed by atoms with Crippen LogP contribution in [-0.4, -0.2) is 36.0 Å². The first-order valence-electron chi connectivity index (χ1n) is 10.5. The van der Waals surface area contributed by atoms with E-state index in [4.69, 9.17) is 4.74 Å². The SMILES string of the molecule is CCS(=O)(=O)Nc1ccc(-c2cc(Nc3ccccn3)n[nH]2)cc1OCC1CCCC1. The second-order valence-corrected chi connectivity index (χ2v) is 9.70. The van der Waals surface area contributed by atoms with Crippen molar-refractivity contribution in [3.63, 3.8) is 0 Å². The molecular formula is C22H27N5O3S. The van der Waals surface area contributed by atoms with Crippen molar-refractivity contribution in [1.29, 1.82) is 0 Å². The molecule has 1 aromatic carbocycles. The Labute approximate surface area is 182 Å². The summed E-state index contributed by atoms with van der Waals surface area (Å²) < 4.78 is 33.0. The van der Waals surface area contributed by atoms with Crippen molar-refractivity contribution in [2.24, 2.45) is 5.92 Å². The normalized spacial score (nSPS) is 14.5. The molecular weight excluding hydrogens is 414 g/mol. The minimum Gasteiger partial charge on any atom is -0.491 e. The van der Waals surface area contributed by atoms with Gasteiger partial charge in [-0.25, -0.2) is 13.4 Å². The number of hydrogen-bond donors (Lipinski definition) is 3. The van der Waals surface area contributed by atoms with Gasteiger partial charge in [-0.15, -0.1) is 0 Å². The van der Waals surface area contributed by atoms with E-state index in [9.17, 15) is 8.42 Å². The second-order valence-electron chi connectivity index (χ2n) is 7.68. The Kier molecular flexibility index (Phi) is 6.41. The molecule has 9 heteroatoms. The smallest absolute Gasteiger partial charge is 0.232 e. The van der Waals surface area contributed by atoms with E-state index in [1.807, 2.05) is 36.4 Å². The van der Waals surface area contributed by atoms with Gasteiger partial charge in [-0.05, 0) is 49.9 Å². The van der Waals surface area contributed by atoms with Crippen LogP contribution in [0, 0.1) is 5.92 Å². The van der Waals surface area contributed by atoms with Gasteiger partial charge in [0.25, 0.3) is 0 Å². The monoisotopic (exact) mass is 441 g/mol. The number of sulfonamides is 1. The molecule has 2 heterocycles. The van der Waals surface area contributed by atoms with Gasteiger partial charge in [-0.2, -0.15) is 5.10 Å². The summed E-state index contributed by atoms with van der Waals surface area (Å²) >= 11 is 0. The highest BCUT2D eigenvalue weighted by Crippen LogP contribution is 2.33. The van der Waals surface area contributed by atoms with Crippen LogP contribution in [0.2, 0.25) is 0 Å². The standard InChI is InChI=1S/C22H27N5O3S/c1-2-31(28,29)27-18-11-10-17(13-20(18)30-15-16-7-3-4-8-16)19-14-22(26-25-19)24-21-9-5-6-12-23-21/h5-6,9-14,16,27H,2-4,7-8,15H2,1H3,(H2,23,24,25,26). The average molecular weight is 442 g/mol. The van der Waals surface area contributed by atoms with Crippen molar-refractivity contribution in [3.8, 4) is 17.0 Å². The Balaban J connectivity index is 1.56. The van der Waals surface area contributed by atoms with Crippen LogP contribution in [-0.2, 0) is 10.0 Å². The van der Waals surface area contributed by atoms with Gasteiger partial charge in [0.15, 0.2) is 5.82 Å². The van der Waals surface area contributed by atoms with Crippen LogP contribution in [0.1, 0.15) is 32.6 Å². The zero-order valence-electron chi connectivity index (χ0n) is 17.5. The van der Waals surface area contributed by atoms with E-state index in [0.717, 1.165) is 24.1 Å². The maximum Gasteiger partial charge on any atom is 0.232 e. The second kappa shape index (κ2) is 9.38. The molecule has 1 fully saturated rings. The third kappa shape index (κ3) is 5.55. The Hall–Kier alpha value is -3.07. The lowest BCUT2D eigenvalue weighted by Gasteiger charge is -2.16. The van der Waals surface area contributed by atoms with E-state index in [1.54, 1.807) is 19.2 Å². The molecule has 0 bridgehead atoms. The lowest BCUT2D eigenvalue weighted by atomic mass is 10.1. The number of nitrogens with one attached hydrogen (secondary N) is 3. The lowest BCUT2D eigenvalue weighted by molar-refractivity contribution is 0.253. The van der Waals surface area contributed by atoms with Crippen molar-refractivity contribution in [3.05, 3.63) is 48.7 Å². The molecule has 0 unspecified atom stereocenters. The Morgan fingerprint density at radius 1 is 1.13 bits per heavy atom. The molecule has 4 rings (SSSR count). The van der Waals surface area contributed by atoms with Crippen molar-refractivity contribution in [2.45, 2.75) is 32.6 Å². The quantitative estimate of drug-likeness (QED) is 0.450. The number of nitrogens with zero attached hydrogens (tertiary/aromatic N) is 2. The van der Waals surface area contributed by atoms with E-state index >= 15 is 0 Å². The number of aromatic nitrogens is 3. The van der Waals surface area contributed by atoms with E-state index in [1.165, 1.54) is 12.8 Å². The molecule has 0 saturated heterocycles. The summed E-state index contributed by atoms with van der Waals surface area (Å²) in [7, 11) is -3.41. The molecule has 1 aliphatic rings. The first kappa shape index (κ1) is 21.2. The fraction of sp³-hybridized carbons (Fsp3) is 0.364. The first-order chi connectivity index (χ1) is 15.0. The zero-order valence-corrected chi connectivity index (χ0v) is 18.3. The molecule has 0 atom stereocenters. The van der Waals surface area contributed by atoms with E-state index in [-0.39, 0.29) is 5.75 Å². The molecule has 1 saturated carbocycles. The number of rotatable bonds is 9. The molecule has 31 heavy (non-hydrogen) atoms. The van der Waals surface area contributed by atoms with Gasteiger partial charge in [0.1, 0.15) is 11.6 Å². The Morgan fingerprint density at radius 2 is 1.97 bits per heavy atom. The lowest BCUT2D eigenvalue weighted by Crippen LogP contribution is -2.16. The van der Waals surface area contributed by atoms with Crippen LogP contribution < -0.4 is 14.8 Å². The summed E-state index contributed by atoms with van der Waals surface area (Å²) in [6.45, 7) is 2.19. The number of pyridine rings is 1. The minimum atomic E-state index is -3.41. The molecule has 0 aliphatic heterocycles. The highest BCUT2D eigenvalue weighted by Gasteiger charge is 2.18. The van der Waals surface area contributed by atoms with Gasteiger partial charge >= 0.3 is 0 Å². The predicted octanol–water partition coefficient (Wildman–Crippen LogP) is 4.55. The maximum absolute atomic E-state index is 12.1. The van der Waals surface area contributed by atoms with Crippen LogP contribution >= 0.6 is 0 Å². The largest absolute Gasteiger partial charge is 0.491 e. The summed E-state index contributed by atoms with van der Waals surface area (Å²) in [4.78, 5) is 4.24. The predicted molar refractivity (Wildman–Crippen MR) is 122 cm³/mol. The van der Waals surface area contributed by atoms with Gasteiger partial charge in [-0.3, -0.25) is 9.82 Å². The van der Waals surface area contributed by atoms with Gasteiger partial charge < -0.3 is 10.1 Å². The molecule has 3 aromatic rings. The maximum atomic E-state index is 12.1. The molecule has 3 N–H and O–H groups in total. The number of ether oxygens (including phenoxy) is 1. The minimum absolute atomic E-state index is 0.0000837. The van der Waals surface area contributed by atoms with Crippen LogP contribution in [0.25, 0.3) is 11.3 Å². The summed E-state index contributed by atoms with van der Waals surface area (Å²) in [5, 5.41) is 10.4. The van der Waals surface area contributed by atoms with Crippen LogP contribution in [0.5, 0.6) is 5.75 Å². The fourth-order valence-electron chi connectivity index (χ4n) is 3.62. The molecule has 0 radical (unpaired) electrons. The molecule has 2 aromatic heterocycles. The summed E-state index contributed by atoms with van der Waals surface area (Å²) in [6, 6.07) is 12.9. The summed E-state index contributed by atoms with van der Waals surface area (Å²) in [5.41, 5.74) is 2.09. The van der Waals surface area contributed by atoms with Crippen LogP contribution in [0.3, 0.4) is 0 Å². The highest BCUT2D eigenvalue weighted by atomic mass is 32.2. The first-order valence-corrected chi connectivity index (χ1v) is 12.2. The van der Waals surface area contributed by atoms with Crippen LogP contribution in [0.4, 0.5) is 17.3 Å². The number of hydrogen-bond acceptors (Lipinski definition) is 6. The van der Waals surface area contributed by atoms with Gasteiger partial charge in [0.2, 0.25) is 10.0 Å². The van der Waals surface area contributed by atoms with Crippen molar-refractivity contribution in [2.75, 3.05) is 22.4 Å². The Morgan fingerprint density at radius 3 is 2.71 bits per heavy atom. The number of anilines is 3. The van der Waals surface area contributed by atoms with Gasteiger partial charge in [0, 0.05) is 17.8 Å². The fourth-order valence-corrected chi connectivity index (χ4v) is 4.27. The van der Waals surface area contributed by atoms with Crippen molar-refractivity contribution in [1.82, 2.24) is 15.2 Å². The highest BCUT2D eigenvalue weighted by molar-refractivity contribution is 7.92. The molecule has 1 aliphatic carbocycles. The number of H-pyrrole nitrogens is 1. The summed E-state index contributed by atoms with van der Waals surface area (Å²) in [5.74, 6) is 2.37. The topological polar surface area (TPSA) is 109 Å². The summed E-state index contributed by atoms with van der Waals surface area (Å²) in [6.07, 6.45) is 6.46. The molecule has 0 spiro atoms. The molecule has 8 nitrogen and oxygen atoms in total. The molecule has 0 amide bonds. The number of benzene rings is 1. The third-order valence-electron chi connectivity index (χ3n) is 5.39. The van der Waals surface area contributed by atoms with Crippen molar-refractivity contribution >= 4 is 27.3 Å². The number of aromatic amines is 1. The van der Waals surface area contributed by atoms with Gasteiger partial charge in [-0.1, -0.05) is 25.0 Å². The van der Waals surface area contributed by atoms with E-state index in [0.29, 0.717) is 35.6 Å². The average Bonchev–Trinajstić information content (AvgIpc) is 3.46.